The number of hydrogen-bond donors (Lipinski definition) is 0. The fourth-order valence-electron chi connectivity index (χ4n) is 4.79. The van der Waals surface area contributed by atoms with Crippen LogP contribution in [0.5, 0.6) is 11.5 Å². The van der Waals surface area contributed by atoms with Gasteiger partial charge in [0.05, 0.1) is 60.4 Å². The summed E-state index contributed by atoms with van der Waals surface area (Å²) in [6.45, 7) is 3.59. The van der Waals surface area contributed by atoms with Gasteiger partial charge in [-0.15, -0.1) is 0 Å². The second-order valence-electron chi connectivity index (χ2n) is 9.30. The molecule has 0 N–H and O–H groups in total. The van der Waals surface area contributed by atoms with Crippen molar-refractivity contribution in [1.82, 2.24) is 4.57 Å². The molecule has 0 radical (unpaired) electrons. The SMILES string of the molecule is CCOC(=O)C1=C(C)N=c2s/c(=C\c3ccc(-c4ccc(Cl)c(C(=O)OC)c4)o3)c(=O)n2[C@@H]1c1ccc(OC)c(OC)c1. The summed E-state index contributed by atoms with van der Waals surface area (Å²) in [5.74, 6) is 0.679. The Balaban J connectivity index is 1.62. The number of benzene rings is 2. The largest absolute Gasteiger partial charge is 0.493 e. The molecular weight excluding hydrogens is 596 g/mol. The summed E-state index contributed by atoms with van der Waals surface area (Å²) < 4.78 is 28.9. The highest BCUT2D eigenvalue weighted by atomic mass is 35.5. The van der Waals surface area contributed by atoms with Crippen LogP contribution in [0, 0.1) is 0 Å². The van der Waals surface area contributed by atoms with E-state index in [-0.39, 0.29) is 28.3 Å². The van der Waals surface area contributed by atoms with Gasteiger partial charge in [0.15, 0.2) is 16.3 Å². The van der Waals surface area contributed by atoms with Crippen LogP contribution in [0.25, 0.3) is 17.4 Å². The summed E-state index contributed by atoms with van der Waals surface area (Å²) in [4.78, 5) is 44.2. The van der Waals surface area contributed by atoms with Crippen molar-refractivity contribution in [2.45, 2.75) is 19.9 Å². The molecule has 10 nitrogen and oxygen atoms in total. The Labute approximate surface area is 255 Å². The standard InChI is InChI=1S/C31H27ClN2O8S/c1-6-41-30(37)26-16(2)33-31-34(27(26)18-8-11-23(38-3)24(14-18)39-4)28(35)25(43-31)15-19-9-12-22(42-19)17-7-10-21(32)20(13-17)29(36)40-5/h7-15,27H,6H2,1-5H3/b25-15-/t27-/m1/s1. The maximum absolute atomic E-state index is 13.9. The molecule has 0 amide bonds. The molecule has 2 aromatic carbocycles. The van der Waals surface area contributed by atoms with Gasteiger partial charge in [0.25, 0.3) is 5.56 Å². The van der Waals surface area contributed by atoms with Crippen molar-refractivity contribution in [3.05, 3.63) is 101 Å². The Morgan fingerprint density at radius 2 is 1.81 bits per heavy atom. The van der Waals surface area contributed by atoms with Gasteiger partial charge in [-0.3, -0.25) is 9.36 Å². The molecule has 0 unspecified atom stereocenters. The summed E-state index contributed by atoms with van der Waals surface area (Å²) in [7, 11) is 4.32. The van der Waals surface area contributed by atoms with Crippen molar-refractivity contribution in [1.29, 1.82) is 0 Å². The number of hydrogen-bond acceptors (Lipinski definition) is 10. The van der Waals surface area contributed by atoms with Crippen molar-refractivity contribution >= 4 is 41.0 Å². The van der Waals surface area contributed by atoms with Gasteiger partial charge in [-0.2, -0.15) is 0 Å². The molecule has 0 saturated heterocycles. The molecule has 1 aliphatic heterocycles. The highest BCUT2D eigenvalue weighted by Crippen LogP contribution is 2.36. The minimum atomic E-state index is -0.824. The normalized spacial score (nSPS) is 14.7. The van der Waals surface area contributed by atoms with Crippen LogP contribution in [-0.4, -0.2) is 44.4 Å². The molecule has 222 valence electrons. The quantitative estimate of drug-likeness (QED) is 0.263. The van der Waals surface area contributed by atoms with Crippen molar-refractivity contribution in [3.8, 4) is 22.8 Å². The molecule has 0 fully saturated rings. The minimum absolute atomic E-state index is 0.161. The molecule has 3 heterocycles. The number of furan rings is 1. The molecular formula is C31H27ClN2O8S. The first-order valence-electron chi connectivity index (χ1n) is 13.1. The lowest BCUT2D eigenvalue weighted by atomic mass is 9.95. The predicted octanol–water partition coefficient (Wildman–Crippen LogP) is 4.52. The molecule has 5 rings (SSSR count). The first-order valence-corrected chi connectivity index (χ1v) is 14.3. The van der Waals surface area contributed by atoms with Crippen molar-refractivity contribution < 1.29 is 33.0 Å². The van der Waals surface area contributed by atoms with E-state index < -0.39 is 18.0 Å². The average Bonchev–Trinajstić information content (AvgIpc) is 3.60. The third-order valence-electron chi connectivity index (χ3n) is 6.80. The number of rotatable bonds is 8. The number of allylic oxidation sites excluding steroid dienone is 1. The molecule has 0 spiro atoms. The van der Waals surface area contributed by atoms with E-state index in [0.29, 0.717) is 49.2 Å². The van der Waals surface area contributed by atoms with Crippen molar-refractivity contribution in [3.63, 3.8) is 0 Å². The summed E-state index contributed by atoms with van der Waals surface area (Å²) in [5, 5.41) is 0.255. The molecule has 1 aliphatic rings. The van der Waals surface area contributed by atoms with Gasteiger partial charge in [0.1, 0.15) is 11.5 Å². The number of esters is 2. The second-order valence-corrected chi connectivity index (χ2v) is 10.7. The maximum atomic E-state index is 13.9. The van der Waals surface area contributed by atoms with Gasteiger partial charge in [-0.1, -0.05) is 29.0 Å². The average molecular weight is 623 g/mol. The van der Waals surface area contributed by atoms with Crippen LogP contribution >= 0.6 is 22.9 Å². The van der Waals surface area contributed by atoms with E-state index in [4.69, 9.17) is 35.0 Å². The van der Waals surface area contributed by atoms with Gasteiger partial charge >= 0.3 is 11.9 Å². The second kappa shape index (κ2) is 12.3. The van der Waals surface area contributed by atoms with Gasteiger partial charge in [-0.25, -0.2) is 14.6 Å². The van der Waals surface area contributed by atoms with Gasteiger partial charge in [-0.05, 0) is 61.9 Å². The summed E-state index contributed by atoms with van der Waals surface area (Å²) in [5.41, 5.74) is 1.75. The number of carbonyl (C=O) groups is 2. The van der Waals surface area contributed by atoms with Crippen LogP contribution in [0.2, 0.25) is 5.02 Å². The van der Waals surface area contributed by atoms with E-state index in [2.05, 4.69) is 4.99 Å². The zero-order chi connectivity index (χ0) is 30.8. The fraction of sp³-hybridized carbons (Fsp3) is 0.226. The van der Waals surface area contributed by atoms with Crippen molar-refractivity contribution in [2.75, 3.05) is 27.9 Å². The Morgan fingerprint density at radius 3 is 2.51 bits per heavy atom. The van der Waals surface area contributed by atoms with Crippen LogP contribution < -0.4 is 24.4 Å². The lowest BCUT2D eigenvalue weighted by molar-refractivity contribution is -0.139. The van der Waals surface area contributed by atoms with Gasteiger partial charge < -0.3 is 23.4 Å². The summed E-state index contributed by atoms with van der Waals surface area (Å²) in [6, 6.07) is 12.7. The molecule has 43 heavy (non-hydrogen) atoms. The topological polar surface area (TPSA) is 119 Å². The van der Waals surface area contributed by atoms with Crippen LogP contribution in [0.4, 0.5) is 0 Å². The summed E-state index contributed by atoms with van der Waals surface area (Å²) >= 11 is 7.32. The lowest BCUT2D eigenvalue weighted by Crippen LogP contribution is -2.39. The Bertz CT molecular complexity index is 1950. The molecule has 1 atom stereocenters. The van der Waals surface area contributed by atoms with E-state index in [1.807, 2.05) is 0 Å². The number of nitrogens with zero attached hydrogens (tertiary/aromatic N) is 2. The number of thiazole rings is 1. The number of fused-ring (bicyclic) bond motifs is 1. The Morgan fingerprint density at radius 1 is 1.05 bits per heavy atom. The van der Waals surface area contributed by atoms with Gasteiger partial charge in [0.2, 0.25) is 0 Å². The molecule has 2 aromatic heterocycles. The number of methoxy groups -OCH3 is 3. The maximum Gasteiger partial charge on any atom is 0.339 e. The van der Waals surface area contributed by atoms with Crippen LogP contribution in [0.3, 0.4) is 0 Å². The predicted molar refractivity (Wildman–Crippen MR) is 160 cm³/mol. The molecule has 0 saturated carbocycles. The first-order chi connectivity index (χ1) is 20.7. The minimum Gasteiger partial charge on any atom is -0.493 e. The number of ether oxygens (including phenoxy) is 4. The monoisotopic (exact) mass is 622 g/mol. The van der Waals surface area contributed by atoms with Gasteiger partial charge in [0, 0.05) is 11.6 Å². The van der Waals surface area contributed by atoms with Crippen LogP contribution in [0.15, 0.2) is 74.0 Å². The Kier molecular flexibility index (Phi) is 8.56. The molecule has 0 bridgehead atoms. The van der Waals surface area contributed by atoms with Crippen LogP contribution in [0.1, 0.15) is 41.6 Å². The zero-order valence-corrected chi connectivity index (χ0v) is 25.5. The molecule has 4 aromatic rings. The smallest absolute Gasteiger partial charge is 0.339 e. The fourth-order valence-corrected chi connectivity index (χ4v) is 6.01. The highest BCUT2D eigenvalue weighted by molar-refractivity contribution is 7.07. The van der Waals surface area contributed by atoms with Crippen LogP contribution in [-0.2, 0) is 14.3 Å². The number of aromatic nitrogens is 1. The number of carbonyl (C=O) groups excluding carboxylic acids is 2. The Hall–Kier alpha value is -4.61. The number of halogens is 1. The summed E-state index contributed by atoms with van der Waals surface area (Å²) in [6.07, 6.45) is 1.61. The van der Waals surface area contributed by atoms with E-state index in [1.54, 1.807) is 68.5 Å². The third-order valence-corrected chi connectivity index (χ3v) is 8.11. The van der Waals surface area contributed by atoms with E-state index in [9.17, 15) is 14.4 Å². The zero-order valence-electron chi connectivity index (χ0n) is 23.9. The van der Waals surface area contributed by atoms with E-state index >= 15 is 0 Å². The van der Waals surface area contributed by atoms with E-state index in [0.717, 1.165) is 0 Å². The third kappa shape index (κ3) is 5.61. The first kappa shape index (κ1) is 29.9. The molecule has 0 aliphatic carbocycles. The lowest BCUT2D eigenvalue weighted by Gasteiger charge is -2.25. The highest BCUT2D eigenvalue weighted by Gasteiger charge is 2.34. The van der Waals surface area contributed by atoms with Crippen molar-refractivity contribution in [2.24, 2.45) is 4.99 Å². The molecule has 12 heteroatoms. The van der Waals surface area contributed by atoms with E-state index in [1.165, 1.54) is 37.2 Å².